The van der Waals surface area contributed by atoms with Crippen LogP contribution in [0.4, 0.5) is 0 Å². The van der Waals surface area contributed by atoms with Gasteiger partial charge in [0.2, 0.25) is 0 Å². The minimum absolute atomic E-state index is 0.102. The van der Waals surface area contributed by atoms with Gasteiger partial charge in [0.1, 0.15) is 5.84 Å². The van der Waals surface area contributed by atoms with Crippen LogP contribution < -0.4 is 5.48 Å². The highest BCUT2D eigenvalue weighted by molar-refractivity contribution is 5.97. The van der Waals surface area contributed by atoms with Crippen LogP contribution >= 0.6 is 0 Å². The van der Waals surface area contributed by atoms with E-state index in [2.05, 4.69) is 0 Å². The largest absolute Gasteiger partial charge is 0.290 e. The molecule has 0 heterocycles. The topological polar surface area (TPSA) is 79.9 Å². The fourth-order valence-electron chi connectivity index (χ4n) is 1.09. The second-order valence-electron chi connectivity index (χ2n) is 2.58. The first-order valence-corrected chi connectivity index (χ1v) is 3.69. The average Bonchev–Trinajstić information content (AvgIpc) is 2.17. The molecule has 0 bridgehead atoms. The van der Waals surface area contributed by atoms with Crippen LogP contribution in [0.1, 0.15) is 16.7 Å². The molecule has 0 saturated carbocycles. The molecule has 1 aromatic carbocycles. The molecule has 3 N–H and O–H groups in total. The standard InChI is InChI=1S/C9H9N3O/c1-6-7(5-10)3-2-4-8(6)9(11)12-13/h2-4,13H,1H3,(H2,11,12). The maximum Gasteiger partial charge on any atom is 0.149 e. The third-order valence-electron chi connectivity index (χ3n) is 1.84. The molecule has 0 fully saturated rings. The molecule has 1 aromatic rings. The summed E-state index contributed by atoms with van der Waals surface area (Å²) in [5, 5.41) is 24.5. The Morgan fingerprint density at radius 3 is 2.85 bits per heavy atom. The predicted octanol–water partition coefficient (Wildman–Crippen LogP) is 1.17. The summed E-state index contributed by atoms with van der Waals surface area (Å²) in [4.78, 5) is 0. The summed E-state index contributed by atoms with van der Waals surface area (Å²) < 4.78 is 0. The van der Waals surface area contributed by atoms with Crippen molar-refractivity contribution in [3.63, 3.8) is 0 Å². The number of hydroxylamine groups is 1. The highest BCUT2D eigenvalue weighted by Gasteiger charge is 2.06. The zero-order valence-corrected chi connectivity index (χ0v) is 7.13. The van der Waals surface area contributed by atoms with Crippen molar-refractivity contribution in [2.45, 2.75) is 6.92 Å². The first kappa shape index (κ1) is 9.23. The van der Waals surface area contributed by atoms with Crippen molar-refractivity contribution >= 4 is 5.84 Å². The van der Waals surface area contributed by atoms with E-state index in [9.17, 15) is 0 Å². The molecule has 0 aromatic heterocycles. The molecular formula is C9H9N3O. The number of nitriles is 1. The number of nitrogens with one attached hydrogen (secondary N) is 2. The van der Waals surface area contributed by atoms with Crippen molar-refractivity contribution in [2.24, 2.45) is 0 Å². The van der Waals surface area contributed by atoms with Crippen molar-refractivity contribution in [2.75, 3.05) is 0 Å². The summed E-state index contributed by atoms with van der Waals surface area (Å²) in [7, 11) is 0. The molecule has 0 radical (unpaired) electrons. The zero-order valence-electron chi connectivity index (χ0n) is 7.13. The lowest BCUT2D eigenvalue weighted by molar-refractivity contribution is 0.234. The van der Waals surface area contributed by atoms with Gasteiger partial charge >= 0.3 is 0 Å². The minimum Gasteiger partial charge on any atom is -0.290 e. The monoisotopic (exact) mass is 175 g/mol. The highest BCUT2D eigenvalue weighted by Crippen LogP contribution is 2.12. The maximum absolute atomic E-state index is 8.69. The molecule has 0 spiro atoms. The molecule has 4 heteroatoms. The van der Waals surface area contributed by atoms with Gasteiger partial charge in [0, 0.05) is 5.56 Å². The average molecular weight is 175 g/mol. The molecule has 0 aliphatic heterocycles. The van der Waals surface area contributed by atoms with Gasteiger partial charge in [0.05, 0.1) is 11.6 Å². The van der Waals surface area contributed by atoms with Crippen LogP contribution in [-0.2, 0) is 0 Å². The van der Waals surface area contributed by atoms with E-state index in [1.807, 2.05) is 6.07 Å². The van der Waals surface area contributed by atoms with E-state index in [4.69, 9.17) is 15.9 Å². The Balaban J connectivity index is 3.25. The number of benzene rings is 1. The molecule has 0 saturated heterocycles. The van der Waals surface area contributed by atoms with Crippen molar-refractivity contribution in [3.8, 4) is 6.07 Å². The number of amidine groups is 1. The van der Waals surface area contributed by atoms with E-state index in [1.54, 1.807) is 30.6 Å². The van der Waals surface area contributed by atoms with Gasteiger partial charge in [0.15, 0.2) is 0 Å². The summed E-state index contributed by atoms with van der Waals surface area (Å²) in [5.74, 6) is -0.102. The van der Waals surface area contributed by atoms with Crippen molar-refractivity contribution in [1.82, 2.24) is 5.48 Å². The maximum atomic E-state index is 8.69. The predicted molar refractivity (Wildman–Crippen MR) is 47.6 cm³/mol. The van der Waals surface area contributed by atoms with Crippen LogP contribution in [0.2, 0.25) is 0 Å². The lowest BCUT2D eigenvalue weighted by atomic mass is 10.0. The Hall–Kier alpha value is -1.86. The smallest absolute Gasteiger partial charge is 0.149 e. The van der Waals surface area contributed by atoms with Crippen LogP contribution in [0.3, 0.4) is 0 Å². The van der Waals surface area contributed by atoms with Crippen LogP contribution in [0.15, 0.2) is 18.2 Å². The molecule has 0 atom stereocenters. The number of hydrogen-bond acceptors (Lipinski definition) is 3. The first-order valence-electron chi connectivity index (χ1n) is 3.69. The minimum atomic E-state index is -0.102. The van der Waals surface area contributed by atoms with Crippen molar-refractivity contribution < 1.29 is 5.21 Å². The van der Waals surface area contributed by atoms with E-state index in [0.717, 1.165) is 0 Å². The lowest BCUT2D eigenvalue weighted by Crippen LogP contribution is -2.20. The Morgan fingerprint density at radius 1 is 1.62 bits per heavy atom. The van der Waals surface area contributed by atoms with Gasteiger partial charge < -0.3 is 0 Å². The van der Waals surface area contributed by atoms with Crippen LogP contribution in [0, 0.1) is 23.7 Å². The second kappa shape index (κ2) is 3.70. The molecule has 13 heavy (non-hydrogen) atoms. The second-order valence-corrected chi connectivity index (χ2v) is 2.58. The molecule has 4 nitrogen and oxygen atoms in total. The number of hydrogen-bond donors (Lipinski definition) is 3. The lowest BCUT2D eigenvalue weighted by Gasteiger charge is -2.06. The van der Waals surface area contributed by atoms with Gasteiger partial charge in [-0.1, -0.05) is 12.1 Å². The molecule has 1 rings (SSSR count). The van der Waals surface area contributed by atoms with E-state index in [1.165, 1.54) is 0 Å². The first-order chi connectivity index (χ1) is 6.20. The Morgan fingerprint density at radius 2 is 2.31 bits per heavy atom. The van der Waals surface area contributed by atoms with Gasteiger partial charge in [-0.25, -0.2) is 0 Å². The number of nitrogens with zero attached hydrogens (tertiary/aromatic N) is 1. The normalized spacial score (nSPS) is 9.00. The van der Waals surface area contributed by atoms with Gasteiger partial charge in [-0.2, -0.15) is 5.26 Å². The summed E-state index contributed by atoms with van der Waals surface area (Å²) in [6.07, 6.45) is 0. The van der Waals surface area contributed by atoms with Gasteiger partial charge in [-0.15, -0.1) is 0 Å². The fraction of sp³-hybridized carbons (Fsp3) is 0.111. The fourth-order valence-corrected chi connectivity index (χ4v) is 1.09. The van der Waals surface area contributed by atoms with E-state index in [-0.39, 0.29) is 5.84 Å². The molecular weight excluding hydrogens is 166 g/mol. The van der Waals surface area contributed by atoms with E-state index in [0.29, 0.717) is 16.7 Å². The number of rotatable bonds is 1. The van der Waals surface area contributed by atoms with Crippen LogP contribution in [-0.4, -0.2) is 11.0 Å². The van der Waals surface area contributed by atoms with Gasteiger partial charge in [-0.3, -0.25) is 16.1 Å². The zero-order chi connectivity index (χ0) is 9.84. The van der Waals surface area contributed by atoms with E-state index >= 15 is 0 Å². The summed E-state index contributed by atoms with van der Waals surface area (Å²) in [5.41, 5.74) is 3.48. The third-order valence-corrected chi connectivity index (χ3v) is 1.84. The Kier molecular flexibility index (Phi) is 2.62. The van der Waals surface area contributed by atoms with Gasteiger partial charge in [-0.05, 0) is 18.6 Å². The van der Waals surface area contributed by atoms with Crippen LogP contribution in [0.5, 0.6) is 0 Å². The molecule has 0 aliphatic carbocycles. The third kappa shape index (κ3) is 1.66. The Labute approximate surface area is 75.9 Å². The van der Waals surface area contributed by atoms with Crippen molar-refractivity contribution in [1.29, 1.82) is 10.7 Å². The van der Waals surface area contributed by atoms with E-state index < -0.39 is 0 Å². The van der Waals surface area contributed by atoms with Crippen molar-refractivity contribution in [3.05, 3.63) is 34.9 Å². The van der Waals surface area contributed by atoms with Gasteiger partial charge in [0.25, 0.3) is 0 Å². The SMILES string of the molecule is Cc1c(C#N)cccc1C(=N)NO. The van der Waals surface area contributed by atoms with Crippen LogP contribution in [0.25, 0.3) is 0 Å². The summed E-state index contributed by atoms with van der Waals surface area (Å²) >= 11 is 0. The molecule has 0 amide bonds. The summed E-state index contributed by atoms with van der Waals surface area (Å²) in [6.45, 7) is 1.74. The molecule has 0 aliphatic rings. The molecule has 0 unspecified atom stereocenters. The Bertz CT molecular complexity index is 379. The quantitative estimate of drug-likeness (QED) is 0.340. The molecule has 66 valence electrons. The summed E-state index contributed by atoms with van der Waals surface area (Å²) in [6, 6.07) is 7.02. The highest BCUT2D eigenvalue weighted by atomic mass is 16.5.